The number of fused-ring (bicyclic) bond motifs is 2. The third-order valence-corrected chi connectivity index (χ3v) is 4.10. The summed E-state index contributed by atoms with van der Waals surface area (Å²) in [4.78, 5) is 12.2. The second-order valence-corrected chi connectivity index (χ2v) is 5.34. The number of benzene rings is 2. The van der Waals surface area contributed by atoms with Crippen molar-refractivity contribution in [3.63, 3.8) is 0 Å². The van der Waals surface area contributed by atoms with Gasteiger partial charge in [-0.1, -0.05) is 37.6 Å². The van der Waals surface area contributed by atoms with Crippen molar-refractivity contribution < 1.29 is 9.53 Å². The summed E-state index contributed by atoms with van der Waals surface area (Å²) in [6, 6.07) is 9.94. The van der Waals surface area contributed by atoms with E-state index >= 15 is 0 Å². The molecular weight excluding hydrogens is 292 g/mol. The zero-order valence-electron chi connectivity index (χ0n) is 10.1. The molecule has 1 aliphatic heterocycles. The molecule has 3 heteroatoms. The number of carbonyl (C=O) groups is 1. The molecule has 0 radical (unpaired) electrons. The molecule has 0 saturated carbocycles. The summed E-state index contributed by atoms with van der Waals surface area (Å²) >= 11 is 3.56. The van der Waals surface area contributed by atoms with Crippen LogP contribution in [0.3, 0.4) is 0 Å². The predicted molar refractivity (Wildman–Crippen MR) is 75.3 cm³/mol. The molecule has 92 valence electrons. The number of halogens is 1. The molecule has 0 saturated heterocycles. The SMILES string of the molecule is CCCC1Oc2c(cc3ccccc3c2Br)C1=O. The Morgan fingerprint density at radius 3 is 2.89 bits per heavy atom. The van der Waals surface area contributed by atoms with E-state index in [4.69, 9.17) is 4.74 Å². The highest BCUT2D eigenvalue weighted by atomic mass is 79.9. The van der Waals surface area contributed by atoms with Crippen molar-refractivity contribution >= 4 is 32.5 Å². The number of Topliss-reactive ketones (excluding diaryl/α,β-unsaturated/α-hetero) is 1. The summed E-state index contributed by atoms with van der Waals surface area (Å²) in [5.41, 5.74) is 0.707. The topological polar surface area (TPSA) is 26.3 Å². The van der Waals surface area contributed by atoms with E-state index in [1.807, 2.05) is 30.3 Å². The Morgan fingerprint density at radius 1 is 1.33 bits per heavy atom. The lowest BCUT2D eigenvalue weighted by Crippen LogP contribution is -2.19. The predicted octanol–water partition coefficient (Wildman–Crippen LogP) is 4.35. The van der Waals surface area contributed by atoms with Crippen LogP contribution in [0, 0.1) is 0 Å². The van der Waals surface area contributed by atoms with Crippen molar-refractivity contribution in [1.82, 2.24) is 0 Å². The molecule has 0 N–H and O–H groups in total. The van der Waals surface area contributed by atoms with Gasteiger partial charge in [0.25, 0.3) is 0 Å². The summed E-state index contributed by atoms with van der Waals surface area (Å²) < 4.78 is 6.69. The number of rotatable bonds is 2. The van der Waals surface area contributed by atoms with Gasteiger partial charge in [-0.05, 0) is 39.2 Å². The molecule has 2 aromatic carbocycles. The normalized spacial score (nSPS) is 17.9. The number of carbonyl (C=O) groups excluding carboxylic acids is 1. The second-order valence-electron chi connectivity index (χ2n) is 4.55. The van der Waals surface area contributed by atoms with Gasteiger partial charge in [-0.15, -0.1) is 0 Å². The van der Waals surface area contributed by atoms with Crippen LogP contribution in [0.25, 0.3) is 10.8 Å². The molecule has 0 aliphatic carbocycles. The fourth-order valence-corrected chi connectivity index (χ4v) is 3.07. The summed E-state index contributed by atoms with van der Waals surface area (Å²) in [5.74, 6) is 0.815. The molecule has 1 aliphatic rings. The molecule has 1 heterocycles. The molecule has 0 spiro atoms. The van der Waals surface area contributed by atoms with E-state index in [2.05, 4.69) is 22.9 Å². The number of ether oxygens (including phenoxy) is 1. The first-order valence-electron chi connectivity index (χ1n) is 6.14. The lowest BCUT2D eigenvalue weighted by Gasteiger charge is -2.08. The highest BCUT2D eigenvalue weighted by Gasteiger charge is 2.33. The molecule has 0 aromatic heterocycles. The van der Waals surface area contributed by atoms with Crippen molar-refractivity contribution in [3.8, 4) is 5.75 Å². The molecule has 0 amide bonds. The molecule has 2 aromatic rings. The minimum absolute atomic E-state index is 0.110. The van der Waals surface area contributed by atoms with E-state index in [1.165, 1.54) is 0 Å². The Balaban J connectivity index is 2.19. The largest absolute Gasteiger partial charge is 0.480 e. The standard InChI is InChI=1S/C15H13BrO2/c1-2-5-12-14(17)11-8-9-6-3-4-7-10(9)13(16)15(11)18-12/h3-4,6-8,12H,2,5H2,1H3. The molecule has 18 heavy (non-hydrogen) atoms. The quantitative estimate of drug-likeness (QED) is 0.824. The Morgan fingerprint density at radius 2 is 2.11 bits per heavy atom. The van der Waals surface area contributed by atoms with Gasteiger partial charge in [-0.25, -0.2) is 0 Å². The van der Waals surface area contributed by atoms with Crippen LogP contribution in [0.15, 0.2) is 34.8 Å². The Kier molecular flexibility index (Phi) is 2.86. The lowest BCUT2D eigenvalue weighted by atomic mass is 10.0. The summed E-state index contributed by atoms with van der Waals surface area (Å²) in [7, 11) is 0. The third kappa shape index (κ3) is 1.65. The van der Waals surface area contributed by atoms with Gasteiger partial charge in [0.2, 0.25) is 5.78 Å². The van der Waals surface area contributed by atoms with Crippen LogP contribution in [0.1, 0.15) is 30.1 Å². The van der Waals surface area contributed by atoms with Crippen LogP contribution < -0.4 is 4.74 Å². The monoisotopic (exact) mass is 304 g/mol. The van der Waals surface area contributed by atoms with E-state index in [-0.39, 0.29) is 11.9 Å². The van der Waals surface area contributed by atoms with Crippen LogP contribution in [0.4, 0.5) is 0 Å². The van der Waals surface area contributed by atoms with Crippen LogP contribution in [-0.2, 0) is 0 Å². The van der Waals surface area contributed by atoms with Crippen LogP contribution >= 0.6 is 15.9 Å². The zero-order valence-corrected chi connectivity index (χ0v) is 11.7. The van der Waals surface area contributed by atoms with Gasteiger partial charge < -0.3 is 4.74 Å². The Labute approximate surface area is 114 Å². The minimum atomic E-state index is -0.307. The zero-order chi connectivity index (χ0) is 12.7. The van der Waals surface area contributed by atoms with E-state index in [1.54, 1.807) is 0 Å². The number of ketones is 1. The smallest absolute Gasteiger partial charge is 0.207 e. The van der Waals surface area contributed by atoms with Crippen molar-refractivity contribution in [2.75, 3.05) is 0 Å². The first-order chi connectivity index (χ1) is 8.72. The molecule has 0 fully saturated rings. The molecule has 1 atom stereocenters. The molecule has 0 bridgehead atoms. The minimum Gasteiger partial charge on any atom is -0.480 e. The summed E-state index contributed by atoms with van der Waals surface area (Å²) in [5, 5.41) is 2.15. The molecular formula is C15H13BrO2. The van der Waals surface area contributed by atoms with Crippen molar-refractivity contribution in [2.24, 2.45) is 0 Å². The van der Waals surface area contributed by atoms with Gasteiger partial charge >= 0.3 is 0 Å². The maximum Gasteiger partial charge on any atom is 0.207 e. The second kappa shape index (κ2) is 4.39. The number of hydrogen-bond acceptors (Lipinski definition) is 2. The van der Waals surface area contributed by atoms with Crippen molar-refractivity contribution in [3.05, 3.63) is 40.4 Å². The maximum atomic E-state index is 12.2. The van der Waals surface area contributed by atoms with E-state index in [9.17, 15) is 4.79 Å². The van der Waals surface area contributed by atoms with Crippen molar-refractivity contribution in [1.29, 1.82) is 0 Å². The van der Waals surface area contributed by atoms with Gasteiger partial charge in [-0.2, -0.15) is 0 Å². The van der Waals surface area contributed by atoms with Crippen LogP contribution in [0.5, 0.6) is 5.75 Å². The van der Waals surface area contributed by atoms with Gasteiger partial charge in [-0.3, -0.25) is 4.79 Å². The summed E-state index contributed by atoms with van der Waals surface area (Å²) in [6.07, 6.45) is 1.41. The van der Waals surface area contributed by atoms with Crippen LogP contribution in [0.2, 0.25) is 0 Å². The number of hydrogen-bond donors (Lipinski definition) is 0. The van der Waals surface area contributed by atoms with Crippen LogP contribution in [-0.4, -0.2) is 11.9 Å². The van der Waals surface area contributed by atoms with Crippen molar-refractivity contribution in [2.45, 2.75) is 25.9 Å². The highest BCUT2D eigenvalue weighted by molar-refractivity contribution is 9.10. The van der Waals surface area contributed by atoms with Gasteiger partial charge in [0.15, 0.2) is 6.10 Å². The fraction of sp³-hybridized carbons (Fsp3) is 0.267. The summed E-state index contributed by atoms with van der Waals surface area (Å²) in [6.45, 7) is 2.06. The van der Waals surface area contributed by atoms with Gasteiger partial charge in [0, 0.05) is 0 Å². The van der Waals surface area contributed by atoms with E-state index < -0.39 is 0 Å². The first kappa shape index (κ1) is 11.7. The highest BCUT2D eigenvalue weighted by Crippen LogP contribution is 2.41. The fourth-order valence-electron chi connectivity index (χ4n) is 2.40. The molecule has 1 unspecified atom stereocenters. The average Bonchev–Trinajstić information content (AvgIpc) is 2.69. The Hall–Kier alpha value is -1.35. The average molecular weight is 305 g/mol. The Bertz CT molecular complexity index is 634. The molecule has 3 rings (SSSR count). The van der Waals surface area contributed by atoms with E-state index in [0.29, 0.717) is 11.3 Å². The maximum absolute atomic E-state index is 12.2. The van der Waals surface area contributed by atoms with Gasteiger partial charge in [0.1, 0.15) is 5.75 Å². The third-order valence-electron chi connectivity index (χ3n) is 3.31. The molecule has 2 nitrogen and oxygen atoms in total. The first-order valence-corrected chi connectivity index (χ1v) is 6.93. The lowest BCUT2D eigenvalue weighted by molar-refractivity contribution is 0.0845. The van der Waals surface area contributed by atoms with E-state index in [0.717, 1.165) is 28.1 Å². The van der Waals surface area contributed by atoms with Gasteiger partial charge in [0.05, 0.1) is 10.0 Å².